The molecular formula is C13H17F3N2O2. The summed E-state index contributed by atoms with van der Waals surface area (Å²) in [5.74, 6) is 0. The molecule has 1 amide bonds. The molecule has 7 heteroatoms. The topological polar surface area (TPSA) is 51.2 Å². The van der Waals surface area contributed by atoms with Crippen LogP contribution in [0.4, 0.5) is 18.0 Å². The summed E-state index contributed by atoms with van der Waals surface area (Å²) in [6, 6.07) is 1.70. The number of halogens is 3. The Morgan fingerprint density at radius 2 is 2.15 bits per heavy atom. The van der Waals surface area contributed by atoms with Crippen LogP contribution in [0.15, 0.2) is 18.3 Å². The number of alkyl halides is 3. The lowest BCUT2D eigenvalue weighted by Crippen LogP contribution is -2.27. The van der Waals surface area contributed by atoms with E-state index in [1.54, 1.807) is 6.92 Å². The summed E-state index contributed by atoms with van der Waals surface area (Å²) in [5, 5.41) is 2.53. The zero-order valence-electron chi connectivity index (χ0n) is 11.3. The van der Waals surface area contributed by atoms with Crippen LogP contribution in [0.1, 0.15) is 44.0 Å². The highest BCUT2D eigenvalue weighted by Crippen LogP contribution is 2.27. The molecule has 0 aromatic carbocycles. The minimum Gasteiger partial charge on any atom is -0.450 e. The van der Waals surface area contributed by atoms with Gasteiger partial charge in [0.2, 0.25) is 0 Å². The van der Waals surface area contributed by atoms with Crippen LogP contribution in [0.5, 0.6) is 0 Å². The average molecular weight is 290 g/mol. The molecule has 0 bridgehead atoms. The van der Waals surface area contributed by atoms with Crippen molar-refractivity contribution in [1.82, 2.24) is 10.3 Å². The van der Waals surface area contributed by atoms with Crippen LogP contribution in [-0.2, 0) is 10.9 Å². The maximum Gasteiger partial charge on any atom is 0.433 e. The number of rotatable bonds is 5. The van der Waals surface area contributed by atoms with Crippen LogP contribution in [0, 0.1) is 0 Å². The van der Waals surface area contributed by atoms with E-state index in [0.717, 1.165) is 25.1 Å². The summed E-state index contributed by atoms with van der Waals surface area (Å²) in [5.41, 5.74) is -0.482. The third-order valence-electron chi connectivity index (χ3n) is 2.64. The molecule has 0 aliphatic heterocycles. The third-order valence-corrected chi connectivity index (χ3v) is 2.64. The highest BCUT2D eigenvalue weighted by molar-refractivity contribution is 5.67. The lowest BCUT2D eigenvalue weighted by atomic mass is 10.1. The number of alkyl carbamates (subject to hydrolysis) is 1. The number of unbranched alkanes of at least 4 members (excludes halogenated alkanes) is 1. The van der Waals surface area contributed by atoms with Crippen molar-refractivity contribution in [3.63, 3.8) is 0 Å². The van der Waals surface area contributed by atoms with Gasteiger partial charge < -0.3 is 10.1 Å². The molecule has 1 aromatic rings. The lowest BCUT2D eigenvalue weighted by molar-refractivity contribution is -0.141. The van der Waals surface area contributed by atoms with Gasteiger partial charge in [-0.1, -0.05) is 19.4 Å². The van der Waals surface area contributed by atoms with Crippen molar-refractivity contribution in [2.24, 2.45) is 0 Å². The first kappa shape index (κ1) is 16.3. The number of hydrogen-bond donors (Lipinski definition) is 1. The Hall–Kier alpha value is -1.79. The Bertz CT molecular complexity index is 432. The third kappa shape index (κ3) is 5.07. The Morgan fingerprint density at radius 1 is 1.45 bits per heavy atom. The van der Waals surface area contributed by atoms with E-state index in [1.165, 1.54) is 6.07 Å². The van der Waals surface area contributed by atoms with E-state index in [2.05, 4.69) is 10.3 Å². The van der Waals surface area contributed by atoms with Gasteiger partial charge in [0.05, 0.1) is 12.6 Å². The Morgan fingerprint density at radius 3 is 2.65 bits per heavy atom. The first-order chi connectivity index (χ1) is 9.34. The monoisotopic (exact) mass is 290 g/mol. The summed E-state index contributed by atoms with van der Waals surface area (Å²) in [6.45, 7) is 3.93. The van der Waals surface area contributed by atoms with Crippen LogP contribution in [0.2, 0.25) is 0 Å². The van der Waals surface area contributed by atoms with E-state index in [-0.39, 0.29) is 0 Å². The molecular weight excluding hydrogens is 273 g/mol. The van der Waals surface area contributed by atoms with Crippen molar-refractivity contribution in [3.05, 3.63) is 29.6 Å². The number of carbonyl (C=O) groups is 1. The molecule has 0 radical (unpaired) electrons. The van der Waals surface area contributed by atoms with Crippen LogP contribution < -0.4 is 5.32 Å². The van der Waals surface area contributed by atoms with E-state index in [4.69, 9.17) is 4.74 Å². The van der Waals surface area contributed by atoms with Crippen molar-refractivity contribution in [3.8, 4) is 0 Å². The molecule has 1 N–H and O–H groups in total. The van der Waals surface area contributed by atoms with Gasteiger partial charge in [-0.2, -0.15) is 13.2 Å². The normalized spacial score (nSPS) is 12.8. The Kier molecular flexibility index (Phi) is 5.79. The van der Waals surface area contributed by atoms with E-state index < -0.39 is 24.0 Å². The summed E-state index contributed by atoms with van der Waals surface area (Å²) in [4.78, 5) is 14.7. The van der Waals surface area contributed by atoms with Crippen molar-refractivity contribution in [2.75, 3.05) is 6.61 Å². The predicted octanol–water partition coefficient (Wildman–Crippen LogP) is 3.69. The molecule has 1 heterocycles. The van der Waals surface area contributed by atoms with Gasteiger partial charge in [0.15, 0.2) is 0 Å². The molecule has 0 aliphatic rings. The smallest absolute Gasteiger partial charge is 0.433 e. The first-order valence-electron chi connectivity index (χ1n) is 6.31. The highest BCUT2D eigenvalue weighted by Gasteiger charge is 2.32. The van der Waals surface area contributed by atoms with Crippen LogP contribution >= 0.6 is 0 Å². The molecule has 4 nitrogen and oxygen atoms in total. The van der Waals surface area contributed by atoms with Gasteiger partial charge in [0, 0.05) is 6.20 Å². The minimum atomic E-state index is -4.46. The van der Waals surface area contributed by atoms with E-state index in [1.807, 2.05) is 6.92 Å². The summed E-state index contributed by atoms with van der Waals surface area (Å²) in [6.07, 6.45) is -2.28. The van der Waals surface area contributed by atoms with Crippen molar-refractivity contribution in [1.29, 1.82) is 0 Å². The molecule has 1 rings (SSSR count). The largest absolute Gasteiger partial charge is 0.450 e. The number of pyridine rings is 1. The maximum atomic E-state index is 12.4. The van der Waals surface area contributed by atoms with E-state index >= 15 is 0 Å². The predicted molar refractivity (Wildman–Crippen MR) is 67.0 cm³/mol. The van der Waals surface area contributed by atoms with Crippen molar-refractivity contribution in [2.45, 2.75) is 38.9 Å². The molecule has 1 atom stereocenters. The zero-order chi connectivity index (χ0) is 15.2. The zero-order valence-corrected chi connectivity index (χ0v) is 11.3. The van der Waals surface area contributed by atoms with Gasteiger partial charge in [-0.15, -0.1) is 0 Å². The second-order valence-electron chi connectivity index (χ2n) is 4.33. The fraction of sp³-hybridized carbons (Fsp3) is 0.538. The molecule has 112 valence electrons. The van der Waals surface area contributed by atoms with Gasteiger partial charge in [-0.25, -0.2) is 4.79 Å². The molecule has 20 heavy (non-hydrogen) atoms. The van der Waals surface area contributed by atoms with Gasteiger partial charge in [0.1, 0.15) is 5.69 Å². The summed E-state index contributed by atoms with van der Waals surface area (Å²) in [7, 11) is 0. The number of amides is 1. The van der Waals surface area contributed by atoms with Gasteiger partial charge in [-0.3, -0.25) is 4.98 Å². The second kappa shape index (κ2) is 7.12. The molecule has 1 aromatic heterocycles. The van der Waals surface area contributed by atoms with Crippen LogP contribution in [0.3, 0.4) is 0 Å². The minimum absolute atomic E-state index is 0.320. The molecule has 0 fully saturated rings. The number of ether oxygens (including phenoxy) is 1. The van der Waals surface area contributed by atoms with E-state index in [9.17, 15) is 18.0 Å². The lowest BCUT2D eigenvalue weighted by Gasteiger charge is -2.14. The standard InChI is InChI=1S/C13H17F3N2O2/c1-3-4-7-20-12(19)18-9(2)10-5-6-11(17-8-10)13(14,15)16/h5-6,8-9H,3-4,7H2,1-2H3,(H,18,19)/t9-/m1/s1. The van der Waals surface area contributed by atoms with Crippen molar-refractivity contribution < 1.29 is 22.7 Å². The first-order valence-corrected chi connectivity index (χ1v) is 6.31. The fourth-order valence-corrected chi connectivity index (χ4v) is 1.44. The molecule has 0 unspecified atom stereocenters. The Balaban J connectivity index is 2.55. The number of hydrogen-bond acceptors (Lipinski definition) is 3. The SMILES string of the molecule is CCCCOC(=O)N[C@H](C)c1ccc(C(F)(F)F)nc1. The van der Waals surface area contributed by atoms with E-state index in [0.29, 0.717) is 12.2 Å². The quantitative estimate of drug-likeness (QED) is 0.841. The number of nitrogens with zero attached hydrogens (tertiary/aromatic N) is 1. The molecule has 0 saturated carbocycles. The average Bonchev–Trinajstić information content (AvgIpc) is 2.38. The van der Waals surface area contributed by atoms with Gasteiger partial charge in [0.25, 0.3) is 0 Å². The Labute approximate surface area is 115 Å². The second-order valence-corrected chi connectivity index (χ2v) is 4.33. The molecule has 0 aliphatic carbocycles. The summed E-state index contributed by atoms with van der Waals surface area (Å²) >= 11 is 0. The number of nitrogens with one attached hydrogen (secondary N) is 1. The number of carbonyl (C=O) groups excluding carboxylic acids is 1. The van der Waals surface area contributed by atoms with Crippen molar-refractivity contribution >= 4 is 6.09 Å². The highest BCUT2D eigenvalue weighted by atomic mass is 19.4. The van der Waals surface area contributed by atoms with Crippen LogP contribution in [-0.4, -0.2) is 17.7 Å². The van der Waals surface area contributed by atoms with Gasteiger partial charge >= 0.3 is 12.3 Å². The molecule has 0 spiro atoms. The maximum absolute atomic E-state index is 12.4. The molecule has 0 saturated heterocycles. The fourth-order valence-electron chi connectivity index (χ4n) is 1.44. The summed E-state index contributed by atoms with van der Waals surface area (Å²) < 4.78 is 42.0. The van der Waals surface area contributed by atoms with Gasteiger partial charge in [-0.05, 0) is 25.0 Å². The number of aromatic nitrogens is 1. The van der Waals surface area contributed by atoms with Crippen LogP contribution in [0.25, 0.3) is 0 Å².